The molecule has 0 aliphatic rings. The van der Waals surface area contributed by atoms with Crippen LogP contribution in [-0.4, -0.2) is 45.6 Å². The van der Waals surface area contributed by atoms with Gasteiger partial charge in [0.25, 0.3) is 0 Å². The summed E-state index contributed by atoms with van der Waals surface area (Å²) in [7, 11) is -3.92. The highest BCUT2D eigenvalue weighted by atomic mass is 32.2. The van der Waals surface area contributed by atoms with Crippen molar-refractivity contribution in [2.45, 2.75) is 30.5 Å². The molecular formula is C27H25F6NO4S. The van der Waals surface area contributed by atoms with Gasteiger partial charge in [0.05, 0.1) is 22.6 Å². The van der Waals surface area contributed by atoms with Gasteiger partial charge in [0.2, 0.25) is 0 Å². The molecule has 0 heterocycles. The number of ether oxygens (including phenoxy) is 1. The first-order chi connectivity index (χ1) is 18.3. The number of sulfone groups is 1. The molecule has 39 heavy (non-hydrogen) atoms. The van der Waals surface area contributed by atoms with Crippen LogP contribution in [0.15, 0.2) is 59.5 Å². The molecule has 0 bridgehead atoms. The minimum absolute atomic E-state index is 0.0405. The van der Waals surface area contributed by atoms with Gasteiger partial charge in [0.1, 0.15) is 23.2 Å². The van der Waals surface area contributed by atoms with E-state index in [0.717, 1.165) is 30.0 Å². The molecular weight excluding hydrogens is 548 g/mol. The number of nitrogens with zero attached hydrogens (tertiary/aromatic N) is 1. The third-order valence-electron chi connectivity index (χ3n) is 5.88. The molecule has 12 heteroatoms. The number of hydrogen-bond acceptors (Lipinski definition) is 5. The zero-order valence-corrected chi connectivity index (χ0v) is 21.6. The molecule has 0 fully saturated rings. The predicted molar refractivity (Wildman–Crippen MR) is 132 cm³/mol. The SMILES string of the molecule is CS(=O)(=O)c1cc(OCCCN(CCc2ccc(F)cc2)Cc2cccc(C(F)(F)F)c2F)cc(F)c1C=O. The monoisotopic (exact) mass is 573 g/mol. The van der Waals surface area contributed by atoms with E-state index < -0.39 is 49.5 Å². The van der Waals surface area contributed by atoms with Crippen LogP contribution in [0.4, 0.5) is 26.3 Å². The molecule has 5 nitrogen and oxygen atoms in total. The van der Waals surface area contributed by atoms with E-state index in [1.165, 1.54) is 18.2 Å². The van der Waals surface area contributed by atoms with Gasteiger partial charge < -0.3 is 4.74 Å². The largest absolute Gasteiger partial charge is 0.493 e. The van der Waals surface area contributed by atoms with Crippen molar-refractivity contribution >= 4 is 16.1 Å². The van der Waals surface area contributed by atoms with Crippen LogP contribution >= 0.6 is 0 Å². The summed E-state index contributed by atoms with van der Waals surface area (Å²) >= 11 is 0. The summed E-state index contributed by atoms with van der Waals surface area (Å²) in [6.45, 7) is 0.325. The topological polar surface area (TPSA) is 63.7 Å². The Morgan fingerprint density at radius 1 is 0.974 bits per heavy atom. The Morgan fingerprint density at radius 2 is 1.67 bits per heavy atom. The lowest BCUT2D eigenvalue weighted by Gasteiger charge is -2.23. The molecule has 0 amide bonds. The summed E-state index contributed by atoms with van der Waals surface area (Å²) in [6.07, 6.45) is -3.27. The smallest absolute Gasteiger partial charge is 0.419 e. The molecule has 0 saturated heterocycles. The van der Waals surface area contributed by atoms with Crippen molar-refractivity contribution in [3.05, 3.63) is 94.3 Å². The van der Waals surface area contributed by atoms with Gasteiger partial charge in [-0.2, -0.15) is 13.2 Å². The van der Waals surface area contributed by atoms with E-state index in [9.17, 15) is 39.6 Å². The molecule has 0 aromatic heterocycles. The van der Waals surface area contributed by atoms with E-state index in [4.69, 9.17) is 4.74 Å². The average molecular weight is 574 g/mol. The van der Waals surface area contributed by atoms with Gasteiger partial charge in [0.15, 0.2) is 16.1 Å². The Labute approximate surface area is 221 Å². The second-order valence-corrected chi connectivity index (χ2v) is 10.8. The Kier molecular flexibility index (Phi) is 9.78. The standard InChI is InChI=1S/C27H25F6NO4S/c1-39(36,37)25-15-21(14-24(29)22(25)17-35)38-13-3-11-34(12-10-18-6-8-20(28)9-7-18)16-19-4-2-5-23(26(19)30)27(31,32)33/h2,4-9,14-15,17H,3,10-13,16H2,1H3. The van der Waals surface area contributed by atoms with Crippen LogP contribution in [0.2, 0.25) is 0 Å². The Bertz CT molecular complexity index is 1410. The van der Waals surface area contributed by atoms with Gasteiger partial charge in [-0.25, -0.2) is 21.6 Å². The summed E-state index contributed by atoms with van der Waals surface area (Å²) < 4.78 is 111. The number of aldehydes is 1. The van der Waals surface area contributed by atoms with E-state index in [-0.39, 0.29) is 43.7 Å². The maximum Gasteiger partial charge on any atom is 0.419 e. The molecule has 0 aliphatic carbocycles. The number of carbonyl (C=O) groups is 1. The lowest BCUT2D eigenvalue weighted by molar-refractivity contribution is -0.140. The zero-order chi connectivity index (χ0) is 28.8. The molecule has 3 aromatic carbocycles. The minimum atomic E-state index is -4.85. The molecule has 3 rings (SSSR count). The Hall–Kier alpha value is -3.38. The summed E-state index contributed by atoms with van der Waals surface area (Å²) in [5.41, 5.74) is -1.38. The van der Waals surface area contributed by atoms with Crippen LogP contribution in [0, 0.1) is 17.5 Å². The summed E-state index contributed by atoms with van der Waals surface area (Å²) in [5.74, 6) is -2.98. The molecule has 0 saturated carbocycles. The molecule has 3 aromatic rings. The maximum atomic E-state index is 14.7. The fraction of sp³-hybridized carbons (Fsp3) is 0.296. The summed E-state index contributed by atoms with van der Waals surface area (Å²) in [6, 6.07) is 10.6. The highest BCUT2D eigenvalue weighted by Crippen LogP contribution is 2.32. The molecule has 0 radical (unpaired) electrons. The number of carbonyl (C=O) groups excluding carboxylic acids is 1. The van der Waals surface area contributed by atoms with Gasteiger partial charge >= 0.3 is 6.18 Å². The fourth-order valence-corrected chi connectivity index (χ4v) is 4.80. The molecule has 0 unspecified atom stereocenters. The van der Waals surface area contributed by atoms with Crippen LogP contribution in [-0.2, 0) is 29.0 Å². The maximum absolute atomic E-state index is 14.7. The first kappa shape index (κ1) is 30.2. The van der Waals surface area contributed by atoms with Crippen LogP contribution in [0.5, 0.6) is 5.75 Å². The third-order valence-corrected chi connectivity index (χ3v) is 7.01. The van der Waals surface area contributed by atoms with Gasteiger partial charge in [-0.15, -0.1) is 0 Å². The average Bonchev–Trinajstić information content (AvgIpc) is 2.85. The van der Waals surface area contributed by atoms with Crippen molar-refractivity contribution < 1.29 is 44.3 Å². The first-order valence-electron chi connectivity index (χ1n) is 11.7. The Balaban J connectivity index is 1.73. The number of rotatable bonds is 12. The highest BCUT2D eigenvalue weighted by molar-refractivity contribution is 7.90. The van der Waals surface area contributed by atoms with Gasteiger partial charge in [-0.3, -0.25) is 9.69 Å². The van der Waals surface area contributed by atoms with E-state index >= 15 is 0 Å². The first-order valence-corrected chi connectivity index (χ1v) is 13.6. The van der Waals surface area contributed by atoms with Crippen molar-refractivity contribution in [2.75, 3.05) is 26.0 Å². The highest BCUT2D eigenvalue weighted by Gasteiger charge is 2.34. The third kappa shape index (κ3) is 8.30. The second kappa shape index (κ2) is 12.6. The number of hydrogen-bond donors (Lipinski definition) is 0. The lowest BCUT2D eigenvalue weighted by atomic mass is 10.1. The van der Waals surface area contributed by atoms with Crippen LogP contribution in [0.25, 0.3) is 0 Å². The van der Waals surface area contributed by atoms with E-state index in [2.05, 4.69) is 0 Å². The zero-order valence-electron chi connectivity index (χ0n) is 20.8. The quantitative estimate of drug-likeness (QED) is 0.155. The summed E-state index contributed by atoms with van der Waals surface area (Å²) in [4.78, 5) is 12.3. The summed E-state index contributed by atoms with van der Waals surface area (Å²) in [5, 5.41) is 0. The van der Waals surface area contributed by atoms with Crippen molar-refractivity contribution in [3.8, 4) is 5.75 Å². The van der Waals surface area contributed by atoms with Gasteiger partial charge in [-0.05, 0) is 42.7 Å². The van der Waals surface area contributed by atoms with E-state index in [0.29, 0.717) is 19.0 Å². The van der Waals surface area contributed by atoms with Crippen LogP contribution in [0.1, 0.15) is 33.5 Å². The second-order valence-electron chi connectivity index (χ2n) is 8.84. The molecule has 210 valence electrons. The predicted octanol–water partition coefficient (Wildman–Crippen LogP) is 5.85. The fourth-order valence-electron chi connectivity index (χ4n) is 3.92. The normalized spacial score (nSPS) is 12.1. The van der Waals surface area contributed by atoms with Crippen molar-refractivity contribution in [1.82, 2.24) is 4.90 Å². The van der Waals surface area contributed by atoms with E-state index in [1.54, 1.807) is 17.0 Å². The molecule has 0 atom stereocenters. The number of alkyl halides is 3. The molecule has 0 spiro atoms. The lowest BCUT2D eigenvalue weighted by Crippen LogP contribution is -2.28. The van der Waals surface area contributed by atoms with E-state index in [1.807, 2.05) is 0 Å². The molecule has 0 aliphatic heterocycles. The van der Waals surface area contributed by atoms with Crippen molar-refractivity contribution in [3.63, 3.8) is 0 Å². The van der Waals surface area contributed by atoms with Crippen molar-refractivity contribution in [1.29, 1.82) is 0 Å². The van der Waals surface area contributed by atoms with Crippen molar-refractivity contribution in [2.24, 2.45) is 0 Å². The van der Waals surface area contributed by atoms with Gasteiger partial charge in [0, 0.05) is 37.5 Å². The number of halogens is 6. The minimum Gasteiger partial charge on any atom is -0.493 e. The Morgan fingerprint density at radius 3 is 2.28 bits per heavy atom. The van der Waals surface area contributed by atoms with Gasteiger partial charge in [-0.1, -0.05) is 24.3 Å². The van der Waals surface area contributed by atoms with Crippen LogP contribution in [0.3, 0.4) is 0 Å². The number of benzene rings is 3. The van der Waals surface area contributed by atoms with Crippen LogP contribution < -0.4 is 4.74 Å². The molecule has 0 N–H and O–H groups in total.